The number of rotatable bonds is 41. The predicted molar refractivity (Wildman–Crippen MR) is 221 cm³/mol. The van der Waals surface area contributed by atoms with Crippen LogP contribution in [0.4, 0.5) is 0 Å². The van der Waals surface area contributed by atoms with E-state index in [0.717, 1.165) is 44.9 Å². The number of aliphatic hydroxyl groups is 2. The molecule has 0 bridgehead atoms. The molecule has 3 N–H and O–H groups in total. The van der Waals surface area contributed by atoms with E-state index < -0.39 is 12.1 Å². The summed E-state index contributed by atoms with van der Waals surface area (Å²) in [5.41, 5.74) is 0. The zero-order chi connectivity index (χ0) is 36.4. The van der Waals surface area contributed by atoms with Gasteiger partial charge < -0.3 is 15.5 Å². The molecule has 0 fully saturated rings. The van der Waals surface area contributed by atoms with Gasteiger partial charge in [0, 0.05) is 6.42 Å². The maximum absolute atomic E-state index is 12.4. The van der Waals surface area contributed by atoms with Gasteiger partial charge in [0.2, 0.25) is 5.91 Å². The maximum Gasteiger partial charge on any atom is 0.220 e. The summed E-state index contributed by atoms with van der Waals surface area (Å²) in [7, 11) is 0. The molecule has 0 aliphatic heterocycles. The van der Waals surface area contributed by atoms with Crippen LogP contribution in [0.2, 0.25) is 0 Å². The van der Waals surface area contributed by atoms with Crippen molar-refractivity contribution in [1.82, 2.24) is 5.32 Å². The number of unbranched alkanes of at least 4 members (excludes halogenated alkanes) is 30. The second kappa shape index (κ2) is 42.3. The van der Waals surface area contributed by atoms with Crippen molar-refractivity contribution in [3.05, 3.63) is 24.3 Å². The SMILES string of the molecule is CCCCC/C=C\C/C=C\CCCCCCCC(=O)NC(CO)C(O)CCCCCCCCCCCCCCCCCCCCCCCCC. The smallest absolute Gasteiger partial charge is 0.220 e. The van der Waals surface area contributed by atoms with Gasteiger partial charge in [-0.05, 0) is 44.9 Å². The van der Waals surface area contributed by atoms with Crippen LogP contribution in [-0.2, 0) is 4.79 Å². The normalized spacial score (nSPS) is 13.1. The Morgan fingerprint density at radius 3 is 1.24 bits per heavy atom. The summed E-state index contributed by atoms with van der Waals surface area (Å²) in [6.45, 7) is 4.34. The van der Waals surface area contributed by atoms with Crippen molar-refractivity contribution in [2.75, 3.05) is 6.61 Å². The van der Waals surface area contributed by atoms with E-state index in [2.05, 4.69) is 43.5 Å². The van der Waals surface area contributed by atoms with Gasteiger partial charge in [-0.3, -0.25) is 4.79 Å². The molecule has 2 unspecified atom stereocenters. The van der Waals surface area contributed by atoms with Crippen molar-refractivity contribution in [3.63, 3.8) is 0 Å². The van der Waals surface area contributed by atoms with Crippen molar-refractivity contribution < 1.29 is 15.0 Å². The molecule has 0 aromatic carbocycles. The summed E-state index contributed by atoms with van der Waals surface area (Å²) in [6.07, 6.45) is 54.0. The largest absolute Gasteiger partial charge is 0.394 e. The third kappa shape index (κ3) is 38.1. The Hall–Kier alpha value is -1.13. The third-order valence-electron chi connectivity index (χ3n) is 10.5. The summed E-state index contributed by atoms with van der Waals surface area (Å²) in [6, 6.07) is -0.541. The lowest BCUT2D eigenvalue weighted by Gasteiger charge is -2.22. The number of carbonyl (C=O) groups is 1. The van der Waals surface area contributed by atoms with Gasteiger partial charge in [-0.2, -0.15) is 0 Å². The topological polar surface area (TPSA) is 69.6 Å². The van der Waals surface area contributed by atoms with E-state index in [1.165, 1.54) is 173 Å². The Morgan fingerprint density at radius 1 is 0.480 bits per heavy atom. The molecule has 0 aliphatic rings. The van der Waals surface area contributed by atoms with Crippen LogP contribution >= 0.6 is 0 Å². The number of amides is 1. The van der Waals surface area contributed by atoms with Crippen molar-refractivity contribution >= 4 is 5.91 Å². The molecular formula is C46H89NO3. The summed E-state index contributed by atoms with van der Waals surface area (Å²) >= 11 is 0. The third-order valence-corrected chi connectivity index (χ3v) is 10.5. The molecule has 1 amide bonds. The van der Waals surface area contributed by atoms with E-state index in [4.69, 9.17) is 0 Å². The Morgan fingerprint density at radius 2 is 0.820 bits per heavy atom. The van der Waals surface area contributed by atoms with E-state index in [1.807, 2.05) is 0 Å². The molecule has 0 aromatic rings. The molecule has 4 heteroatoms. The van der Waals surface area contributed by atoms with Crippen molar-refractivity contribution in [2.45, 2.75) is 257 Å². The number of carbonyl (C=O) groups excluding carboxylic acids is 1. The minimum absolute atomic E-state index is 0.0434. The minimum atomic E-state index is -0.663. The van der Waals surface area contributed by atoms with E-state index in [1.54, 1.807) is 0 Å². The Bertz CT molecular complexity index is 720. The molecule has 50 heavy (non-hydrogen) atoms. The molecule has 0 spiro atoms. The highest BCUT2D eigenvalue weighted by molar-refractivity contribution is 5.76. The van der Waals surface area contributed by atoms with Crippen molar-refractivity contribution in [2.24, 2.45) is 0 Å². The van der Waals surface area contributed by atoms with Crippen LogP contribution in [0.15, 0.2) is 24.3 Å². The van der Waals surface area contributed by atoms with Gasteiger partial charge in [-0.1, -0.05) is 218 Å². The fourth-order valence-electron chi connectivity index (χ4n) is 6.98. The molecular weight excluding hydrogens is 615 g/mol. The number of aliphatic hydroxyl groups excluding tert-OH is 2. The highest BCUT2D eigenvalue weighted by atomic mass is 16.3. The lowest BCUT2D eigenvalue weighted by Crippen LogP contribution is -2.45. The molecule has 0 rings (SSSR count). The first-order valence-electron chi connectivity index (χ1n) is 22.5. The molecule has 0 radical (unpaired) electrons. The molecule has 0 aromatic heterocycles. The average molecular weight is 704 g/mol. The van der Waals surface area contributed by atoms with Gasteiger partial charge in [0.05, 0.1) is 18.8 Å². The van der Waals surface area contributed by atoms with Crippen LogP contribution in [0.5, 0.6) is 0 Å². The predicted octanol–water partition coefficient (Wildman–Crippen LogP) is 14.0. The molecule has 0 heterocycles. The van der Waals surface area contributed by atoms with Gasteiger partial charge in [0.1, 0.15) is 0 Å². The first-order valence-corrected chi connectivity index (χ1v) is 22.5. The average Bonchev–Trinajstić information content (AvgIpc) is 3.12. The van der Waals surface area contributed by atoms with Crippen LogP contribution in [0, 0.1) is 0 Å². The Balaban J connectivity index is 3.49. The highest BCUT2D eigenvalue weighted by Crippen LogP contribution is 2.16. The van der Waals surface area contributed by atoms with Crippen LogP contribution in [0.25, 0.3) is 0 Å². The summed E-state index contributed by atoms with van der Waals surface area (Å²) in [4.78, 5) is 12.4. The van der Waals surface area contributed by atoms with Crippen molar-refractivity contribution in [3.8, 4) is 0 Å². The lowest BCUT2D eigenvalue weighted by molar-refractivity contribution is -0.123. The van der Waals surface area contributed by atoms with E-state index in [9.17, 15) is 15.0 Å². The Labute approximate surface area is 313 Å². The lowest BCUT2D eigenvalue weighted by atomic mass is 10.0. The van der Waals surface area contributed by atoms with Crippen LogP contribution in [0.1, 0.15) is 245 Å². The van der Waals surface area contributed by atoms with Gasteiger partial charge >= 0.3 is 0 Å². The number of hydrogen-bond acceptors (Lipinski definition) is 3. The molecule has 296 valence electrons. The van der Waals surface area contributed by atoms with Gasteiger partial charge in [-0.25, -0.2) is 0 Å². The highest BCUT2D eigenvalue weighted by Gasteiger charge is 2.20. The fourth-order valence-corrected chi connectivity index (χ4v) is 6.98. The molecule has 0 aliphatic carbocycles. The first kappa shape index (κ1) is 48.9. The fraction of sp³-hybridized carbons (Fsp3) is 0.891. The summed E-state index contributed by atoms with van der Waals surface area (Å²) in [5, 5.41) is 23.2. The quantitative estimate of drug-likeness (QED) is 0.0438. The first-order chi connectivity index (χ1) is 24.7. The number of hydrogen-bond donors (Lipinski definition) is 3. The summed E-state index contributed by atoms with van der Waals surface area (Å²) in [5.74, 6) is -0.0434. The second-order valence-electron chi connectivity index (χ2n) is 15.5. The zero-order valence-electron chi connectivity index (χ0n) is 33.9. The number of nitrogens with one attached hydrogen (secondary N) is 1. The molecule has 4 nitrogen and oxygen atoms in total. The van der Waals surface area contributed by atoms with E-state index in [0.29, 0.717) is 12.8 Å². The van der Waals surface area contributed by atoms with Crippen LogP contribution < -0.4 is 5.32 Å². The van der Waals surface area contributed by atoms with Crippen LogP contribution in [0.3, 0.4) is 0 Å². The second-order valence-corrected chi connectivity index (χ2v) is 15.5. The maximum atomic E-state index is 12.4. The summed E-state index contributed by atoms with van der Waals surface area (Å²) < 4.78 is 0. The minimum Gasteiger partial charge on any atom is -0.394 e. The van der Waals surface area contributed by atoms with Gasteiger partial charge in [0.15, 0.2) is 0 Å². The van der Waals surface area contributed by atoms with Crippen LogP contribution in [-0.4, -0.2) is 34.9 Å². The van der Waals surface area contributed by atoms with E-state index >= 15 is 0 Å². The Kier molecular flexibility index (Phi) is 41.3. The standard InChI is InChI=1S/C46H89NO3/c1-3-5-7-9-11-13-15-17-19-20-21-22-23-24-25-26-28-29-31-33-35-37-39-41-45(49)44(43-48)47-46(50)42-40-38-36-34-32-30-27-18-16-14-12-10-8-6-4-2/h12,14,18,27,44-45,48-49H,3-11,13,15-17,19-26,28-43H2,1-2H3,(H,47,50)/b14-12-,27-18-. The number of allylic oxidation sites excluding steroid dienone is 4. The van der Waals surface area contributed by atoms with Gasteiger partial charge in [0.25, 0.3) is 0 Å². The van der Waals surface area contributed by atoms with E-state index in [-0.39, 0.29) is 12.5 Å². The monoisotopic (exact) mass is 704 g/mol. The molecule has 2 atom stereocenters. The molecule has 0 saturated carbocycles. The zero-order valence-corrected chi connectivity index (χ0v) is 33.9. The molecule has 0 saturated heterocycles. The van der Waals surface area contributed by atoms with Crippen molar-refractivity contribution in [1.29, 1.82) is 0 Å². The van der Waals surface area contributed by atoms with Gasteiger partial charge in [-0.15, -0.1) is 0 Å².